The maximum atomic E-state index is 5.22. The summed E-state index contributed by atoms with van der Waals surface area (Å²) in [6.45, 7) is 0.496. The summed E-state index contributed by atoms with van der Waals surface area (Å²) in [5.74, 6) is 0.106. The maximum Gasteiger partial charge on any atom is 0.186 e. The highest BCUT2D eigenvalue weighted by Gasteiger charge is 1.98. The summed E-state index contributed by atoms with van der Waals surface area (Å²) in [6, 6.07) is 5.86. The van der Waals surface area contributed by atoms with Crippen LogP contribution in [0.5, 0.6) is 0 Å². The van der Waals surface area contributed by atoms with Crippen LogP contribution in [-0.2, 0) is 6.54 Å². The molecule has 4 N–H and O–H groups in total. The van der Waals surface area contributed by atoms with Crippen molar-refractivity contribution in [3.05, 3.63) is 32.7 Å². The Kier molecular flexibility index (Phi) is 3.74. The zero-order valence-electron chi connectivity index (χ0n) is 6.80. The molecular weight excluding hydrogens is 298 g/mol. The van der Waals surface area contributed by atoms with Gasteiger partial charge in [0.1, 0.15) is 0 Å². The molecule has 0 aliphatic rings. The first-order valence-electron chi connectivity index (χ1n) is 3.59. The molecule has 0 saturated carbocycles. The van der Waals surface area contributed by atoms with Crippen LogP contribution in [0, 0.1) is 0 Å². The number of nitrogens with two attached hydrogens (primary N) is 2. The van der Waals surface area contributed by atoms with Gasteiger partial charge in [-0.25, -0.2) is 4.99 Å². The highest BCUT2D eigenvalue weighted by Crippen LogP contribution is 2.22. The van der Waals surface area contributed by atoms with Crippen molar-refractivity contribution in [2.75, 3.05) is 0 Å². The molecule has 1 aromatic rings. The lowest BCUT2D eigenvalue weighted by molar-refractivity contribution is 1.04. The van der Waals surface area contributed by atoms with Gasteiger partial charge < -0.3 is 11.5 Å². The number of benzene rings is 1. The maximum absolute atomic E-state index is 5.22. The largest absolute Gasteiger partial charge is 0.370 e. The number of aliphatic imine (C=N–C) groups is 1. The monoisotopic (exact) mass is 305 g/mol. The Bertz CT molecular complexity index is 332. The second-order valence-electron chi connectivity index (χ2n) is 2.48. The molecule has 13 heavy (non-hydrogen) atoms. The molecule has 0 bridgehead atoms. The summed E-state index contributed by atoms with van der Waals surface area (Å²) >= 11 is 6.78. The van der Waals surface area contributed by atoms with E-state index in [1.54, 1.807) is 0 Å². The Labute approximate surface area is 93.5 Å². The molecule has 0 unspecified atom stereocenters. The van der Waals surface area contributed by atoms with Gasteiger partial charge in [-0.1, -0.05) is 37.9 Å². The predicted octanol–water partition coefficient (Wildman–Crippen LogP) is 1.98. The van der Waals surface area contributed by atoms with Crippen molar-refractivity contribution in [1.82, 2.24) is 0 Å². The van der Waals surface area contributed by atoms with E-state index < -0.39 is 0 Å². The fourth-order valence-electron chi connectivity index (χ4n) is 0.826. The third-order valence-electron chi connectivity index (χ3n) is 1.45. The molecule has 0 aromatic heterocycles. The average molecular weight is 307 g/mol. The Balaban J connectivity index is 2.84. The summed E-state index contributed by atoms with van der Waals surface area (Å²) < 4.78 is 2.01. The van der Waals surface area contributed by atoms with Crippen molar-refractivity contribution in [2.24, 2.45) is 16.5 Å². The molecule has 5 heteroatoms. The predicted molar refractivity (Wildman–Crippen MR) is 61.4 cm³/mol. The Morgan fingerprint density at radius 1 is 1.31 bits per heavy atom. The number of guanidine groups is 1. The number of rotatable bonds is 2. The number of hydrogen-bond donors (Lipinski definition) is 2. The molecule has 0 saturated heterocycles. The zero-order valence-corrected chi connectivity index (χ0v) is 9.97. The van der Waals surface area contributed by atoms with Crippen molar-refractivity contribution >= 4 is 37.8 Å². The minimum Gasteiger partial charge on any atom is -0.370 e. The van der Waals surface area contributed by atoms with Gasteiger partial charge >= 0.3 is 0 Å². The molecule has 0 heterocycles. The standard InChI is InChI=1S/C8H9Br2N3/c9-6-2-1-5(7(10)3-6)4-13-8(11)12/h1-3H,4H2,(H4,11,12,13). The topological polar surface area (TPSA) is 64.4 Å². The minimum absolute atomic E-state index is 0.106. The van der Waals surface area contributed by atoms with Gasteiger partial charge in [0.05, 0.1) is 6.54 Å². The number of nitrogens with zero attached hydrogens (tertiary/aromatic N) is 1. The van der Waals surface area contributed by atoms with Gasteiger partial charge in [-0.2, -0.15) is 0 Å². The van der Waals surface area contributed by atoms with Crippen molar-refractivity contribution < 1.29 is 0 Å². The van der Waals surface area contributed by atoms with Gasteiger partial charge in [0.25, 0.3) is 0 Å². The van der Waals surface area contributed by atoms with Gasteiger partial charge in [-0.15, -0.1) is 0 Å². The lowest BCUT2D eigenvalue weighted by Crippen LogP contribution is -2.22. The van der Waals surface area contributed by atoms with Gasteiger partial charge in [0.15, 0.2) is 5.96 Å². The number of hydrogen-bond acceptors (Lipinski definition) is 1. The lowest BCUT2D eigenvalue weighted by atomic mass is 10.2. The van der Waals surface area contributed by atoms with Crippen LogP contribution in [0.4, 0.5) is 0 Å². The fraction of sp³-hybridized carbons (Fsp3) is 0.125. The summed E-state index contributed by atoms with van der Waals surface area (Å²) in [4.78, 5) is 3.91. The van der Waals surface area contributed by atoms with E-state index in [-0.39, 0.29) is 5.96 Å². The van der Waals surface area contributed by atoms with Crippen LogP contribution < -0.4 is 11.5 Å². The molecule has 70 valence electrons. The highest BCUT2D eigenvalue weighted by atomic mass is 79.9. The van der Waals surface area contributed by atoms with Crippen molar-refractivity contribution in [2.45, 2.75) is 6.54 Å². The van der Waals surface area contributed by atoms with Crippen LogP contribution >= 0.6 is 31.9 Å². The average Bonchev–Trinajstić information content (AvgIpc) is 2.02. The first kappa shape index (κ1) is 10.5. The van der Waals surface area contributed by atoms with Crippen molar-refractivity contribution in [3.63, 3.8) is 0 Å². The first-order chi connectivity index (χ1) is 6.09. The molecule has 0 aliphatic carbocycles. The van der Waals surface area contributed by atoms with E-state index in [0.29, 0.717) is 6.54 Å². The van der Waals surface area contributed by atoms with Gasteiger partial charge in [0, 0.05) is 8.95 Å². The van der Waals surface area contributed by atoms with Gasteiger partial charge in [0.2, 0.25) is 0 Å². The molecule has 3 nitrogen and oxygen atoms in total. The SMILES string of the molecule is NC(N)=NCc1ccc(Br)cc1Br. The van der Waals surface area contributed by atoms with E-state index in [4.69, 9.17) is 11.5 Å². The molecule has 0 radical (unpaired) electrons. The summed E-state index contributed by atoms with van der Waals surface area (Å²) in [5.41, 5.74) is 11.5. The van der Waals surface area contributed by atoms with Crippen LogP contribution in [0.2, 0.25) is 0 Å². The molecule has 0 spiro atoms. The molecule has 1 rings (SSSR count). The number of halogens is 2. The van der Waals surface area contributed by atoms with E-state index in [1.807, 2.05) is 18.2 Å². The van der Waals surface area contributed by atoms with Crippen LogP contribution in [0.1, 0.15) is 5.56 Å². The van der Waals surface area contributed by atoms with Crippen molar-refractivity contribution in [1.29, 1.82) is 0 Å². The smallest absolute Gasteiger partial charge is 0.186 e. The minimum atomic E-state index is 0.106. The first-order valence-corrected chi connectivity index (χ1v) is 5.17. The molecule has 1 aromatic carbocycles. The van der Waals surface area contributed by atoms with E-state index in [1.165, 1.54) is 0 Å². The van der Waals surface area contributed by atoms with Crippen LogP contribution in [0.15, 0.2) is 32.1 Å². The summed E-state index contributed by atoms with van der Waals surface area (Å²) in [7, 11) is 0. The van der Waals surface area contributed by atoms with Crippen LogP contribution in [-0.4, -0.2) is 5.96 Å². The molecule has 0 fully saturated rings. The molecule has 0 amide bonds. The third kappa shape index (κ3) is 3.36. The van der Waals surface area contributed by atoms with E-state index >= 15 is 0 Å². The van der Waals surface area contributed by atoms with Gasteiger partial charge in [-0.05, 0) is 17.7 Å². The third-order valence-corrected chi connectivity index (χ3v) is 2.68. The highest BCUT2D eigenvalue weighted by molar-refractivity contribution is 9.11. The Morgan fingerprint density at radius 3 is 2.54 bits per heavy atom. The lowest BCUT2D eigenvalue weighted by Gasteiger charge is -2.01. The molecule has 0 aliphatic heterocycles. The van der Waals surface area contributed by atoms with Crippen LogP contribution in [0.25, 0.3) is 0 Å². The molecule has 0 atom stereocenters. The van der Waals surface area contributed by atoms with Crippen LogP contribution in [0.3, 0.4) is 0 Å². The fourth-order valence-corrected chi connectivity index (χ4v) is 2.00. The second-order valence-corrected chi connectivity index (χ2v) is 4.25. The molecular formula is C8H9Br2N3. The van der Waals surface area contributed by atoms with E-state index in [0.717, 1.165) is 14.5 Å². The van der Waals surface area contributed by atoms with E-state index in [9.17, 15) is 0 Å². The van der Waals surface area contributed by atoms with Gasteiger partial charge in [-0.3, -0.25) is 0 Å². The normalized spacial score (nSPS) is 9.69. The Hall–Kier alpha value is -0.550. The zero-order chi connectivity index (χ0) is 9.84. The van der Waals surface area contributed by atoms with Crippen molar-refractivity contribution in [3.8, 4) is 0 Å². The quantitative estimate of drug-likeness (QED) is 0.648. The Morgan fingerprint density at radius 2 is 2.00 bits per heavy atom. The van der Waals surface area contributed by atoms with E-state index in [2.05, 4.69) is 36.9 Å². The summed E-state index contributed by atoms with van der Waals surface area (Å²) in [6.07, 6.45) is 0. The second kappa shape index (κ2) is 4.62. The summed E-state index contributed by atoms with van der Waals surface area (Å²) in [5, 5.41) is 0.